The molecule has 2 aromatic rings. The average molecular weight is 369 g/mol. The Hall–Kier alpha value is -1.37. The summed E-state index contributed by atoms with van der Waals surface area (Å²) in [4.78, 5) is 0.289. The first kappa shape index (κ1) is 16.0. The molecule has 6 heteroatoms. The molecule has 0 amide bonds. The Labute approximate surface area is 133 Å². The summed E-state index contributed by atoms with van der Waals surface area (Å²) in [5.74, 6) is 0. The standard InChI is InChI=1S/C15H17BrN2O2S/c1-11-7-13(16)9-14(8-11)18-21(19,20)15-6-4-3-5-12(15)10-17-2/h3-9,17-18H,10H2,1-2H3. The molecule has 0 bridgehead atoms. The van der Waals surface area contributed by atoms with Gasteiger partial charge in [-0.2, -0.15) is 0 Å². The molecular weight excluding hydrogens is 352 g/mol. The third-order valence-electron chi connectivity index (χ3n) is 2.92. The molecule has 0 spiro atoms. The van der Waals surface area contributed by atoms with Crippen LogP contribution in [0.4, 0.5) is 5.69 Å². The Morgan fingerprint density at radius 3 is 2.52 bits per heavy atom. The van der Waals surface area contributed by atoms with Gasteiger partial charge in [-0.1, -0.05) is 34.1 Å². The lowest BCUT2D eigenvalue weighted by molar-refractivity contribution is 0.599. The number of halogens is 1. The molecule has 0 aliphatic heterocycles. The van der Waals surface area contributed by atoms with Crippen LogP contribution in [0, 0.1) is 6.92 Å². The number of hydrogen-bond acceptors (Lipinski definition) is 3. The largest absolute Gasteiger partial charge is 0.316 e. The molecule has 0 aliphatic rings. The van der Waals surface area contributed by atoms with E-state index in [-0.39, 0.29) is 4.90 Å². The van der Waals surface area contributed by atoms with Crippen LogP contribution >= 0.6 is 15.9 Å². The molecule has 0 aromatic heterocycles. The van der Waals surface area contributed by atoms with Crippen LogP contribution in [0.2, 0.25) is 0 Å². The van der Waals surface area contributed by atoms with Gasteiger partial charge >= 0.3 is 0 Å². The lowest BCUT2D eigenvalue weighted by atomic mass is 10.2. The average Bonchev–Trinajstić information content (AvgIpc) is 2.37. The van der Waals surface area contributed by atoms with Gasteiger partial charge < -0.3 is 5.32 Å². The fourth-order valence-corrected chi connectivity index (χ4v) is 4.00. The lowest BCUT2D eigenvalue weighted by Gasteiger charge is -2.13. The zero-order valence-electron chi connectivity index (χ0n) is 11.9. The maximum absolute atomic E-state index is 12.6. The second-order valence-electron chi connectivity index (χ2n) is 4.76. The Kier molecular flexibility index (Phi) is 5.03. The molecule has 4 nitrogen and oxygen atoms in total. The number of rotatable bonds is 5. The van der Waals surface area contributed by atoms with Gasteiger partial charge in [0.1, 0.15) is 0 Å². The Morgan fingerprint density at radius 1 is 1.14 bits per heavy atom. The highest BCUT2D eigenvalue weighted by molar-refractivity contribution is 9.10. The van der Waals surface area contributed by atoms with E-state index < -0.39 is 10.0 Å². The molecule has 0 unspecified atom stereocenters. The summed E-state index contributed by atoms with van der Waals surface area (Å²) in [5.41, 5.74) is 2.26. The number of benzene rings is 2. The Morgan fingerprint density at radius 2 is 1.86 bits per heavy atom. The molecule has 2 rings (SSSR count). The van der Waals surface area contributed by atoms with Crippen LogP contribution in [0.3, 0.4) is 0 Å². The summed E-state index contributed by atoms with van der Waals surface area (Å²) < 4.78 is 28.6. The van der Waals surface area contributed by atoms with E-state index in [1.807, 2.05) is 19.1 Å². The maximum atomic E-state index is 12.6. The number of sulfonamides is 1. The van der Waals surface area contributed by atoms with Gasteiger partial charge in [-0.05, 0) is 49.4 Å². The van der Waals surface area contributed by atoms with Crippen molar-refractivity contribution in [2.75, 3.05) is 11.8 Å². The van der Waals surface area contributed by atoms with Gasteiger partial charge in [-0.3, -0.25) is 4.72 Å². The van der Waals surface area contributed by atoms with E-state index in [2.05, 4.69) is 26.0 Å². The number of hydrogen-bond donors (Lipinski definition) is 2. The van der Waals surface area contributed by atoms with Crippen molar-refractivity contribution in [2.45, 2.75) is 18.4 Å². The molecule has 0 heterocycles. The van der Waals surface area contributed by atoms with Crippen molar-refractivity contribution in [3.63, 3.8) is 0 Å². The molecule has 2 N–H and O–H groups in total. The van der Waals surface area contributed by atoms with Crippen LogP contribution in [-0.4, -0.2) is 15.5 Å². The Balaban J connectivity index is 2.38. The number of aryl methyl sites for hydroxylation is 1. The Bertz CT molecular complexity index is 725. The first-order valence-corrected chi connectivity index (χ1v) is 8.72. The lowest BCUT2D eigenvalue weighted by Crippen LogP contribution is -2.17. The van der Waals surface area contributed by atoms with Gasteiger partial charge in [0.05, 0.1) is 10.6 Å². The van der Waals surface area contributed by atoms with Gasteiger partial charge in [0.15, 0.2) is 0 Å². The van der Waals surface area contributed by atoms with Crippen molar-refractivity contribution < 1.29 is 8.42 Å². The van der Waals surface area contributed by atoms with E-state index in [1.165, 1.54) is 0 Å². The fourth-order valence-electron chi connectivity index (χ4n) is 2.11. The van der Waals surface area contributed by atoms with Crippen molar-refractivity contribution in [3.05, 3.63) is 58.1 Å². The van der Waals surface area contributed by atoms with E-state index in [0.29, 0.717) is 12.2 Å². The van der Waals surface area contributed by atoms with Gasteiger partial charge in [-0.15, -0.1) is 0 Å². The molecule has 21 heavy (non-hydrogen) atoms. The molecule has 0 radical (unpaired) electrons. The SMILES string of the molecule is CNCc1ccccc1S(=O)(=O)Nc1cc(C)cc(Br)c1. The highest BCUT2D eigenvalue weighted by Crippen LogP contribution is 2.23. The summed E-state index contributed by atoms with van der Waals surface area (Å²) in [6.45, 7) is 2.41. The zero-order valence-corrected chi connectivity index (χ0v) is 14.3. The topological polar surface area (TPSA) is 58.2 Å². The second-order valence-corrected chi connectivity index (χ2v) is 7.33. The van der Waals surface area contributed by atoms with Crippen LogP contribution in [0.1, 0.15) is 11.1 Å². The predicted octanol–water partition coefficient (Wildman–Crippen LogP) is 3.28. The van der Waals surface area contributed by atoms with Gasteiger partial charge in [0.2, 0.25) is 0 Å². The van der Waals surface area contributed by atoms with E-state index in [1.54, 1.807) is 37.4 Å². The number of anilines is 1. The van der Waals surface area contributed by atoms with E-state index >= 15 is 0 Å². The number of nitrogens with one attached hydrogen (secondary N) is 2. The van der Waals surface area contributed by atoms with Crippen LogP contribution < -0.4 is 10.0 Å². The van der Waals surface area contributed by atoms with Crippen molar-refractivity contribution in [1.82, 2.24) is 5.32 Å². The van der Waals surface area contributed by atoms with Crippen molar-refractivity contribution in [1.29, 1.82) is 0 Å². The first-order valence-electron chi connectivity index (χ1n) is 6.45. The highest BCUT2D eigenvalue weighted by atomic mass is 79.9. The second kappa shape index (κ2) is 6.60. The molecule has 0 atom stereocenters. The summed E-state index contributed by atoms with van der Waals surface area (Å²) in [6, 6.07) is 12.4. The molecule has 0 fully saturated rings. The molecular formula is C15H17BrN2O2S. The van der Waals surface area contributed by atoms with Crippen LogP contribution in [0.15, 0.2) is 51.8 Å². The normalized spacial score (nSPS) is 11.4. The summed E-state index contributed by atoms with van der Waals surface area (Å²) in [5, 5.41) is 2.98. The monoisotopic (exact) mass is 368 g/mol. The molecule has 0 aliphatic carbocycles. The quantitative estimate of drug-likeness (QED) is 0.851. The summed E-state index contributed by atoms with van der Waals surface area (Å²) in [7, 11) is -1.82. The minimum absolute atomic E-state index is 0.289. The zero-order chi connectivity index (χ0) is 15.5. The molecule has 0 saturated carbocycles. The molecule has 112 valence electrons. The van der Waals surface area contributed by atoms with E-state index in [9.17, 15) is 8.42 Å². The predicted molar refractivity (Wildman–Crippen MR) is 88.9 cm³/mol. The van der Waals surface area contributed by atoms with Gasteiger partial charge in [0.25, 0.3) is 10.0 Å². The fraction of sp³-hybridized carbons (Fsp3) is 0.200. The molecule has 2 aromatic carbocycles. The van der Waals surface area contributed by atoms with Crippen molar-refractivity contribution in [3.8, 4) is 0 Å². The minimum Gasteiger partial charge on any atom is -0.316 e. The van der Waals surface area contributed by atoms with Crippen LogP contribution in [-0.2, 0) is 16.6 Å². The van der Waals surface area contributed by atoms with Crippen LogP contribution in [0.25, 0.3) is 0 Å². The van der Waals surface area contributed by atoms with Gasteiger partial charge in [-0.25, -0.2) is 8.42 Å². The van der Waals surface area contributed by atoms with E-state index in [4.69, 9.17) is 0 Å². The highest BCUT2D eigenvalue weighted by Gasteiger charge is 2.18. The summed E-state index contributed by atoms with van der Waals surface area (Å²) >= 11 is 3.37. The van der Waals surface area contributed by atoms with Crippen LogP contribution in [0.5, 0.6) is 0 Å². The maximum Gasteiger partial charge on any atom is 0.262 e. The first-order chi connectivity index (χ1) is 9.92. The summed E-state index contributed by atoms with van der Waals surface area (Å²) in [6.07, 6.45) is 0. The third kappa shape index (κ3) is 4.06. The van der Waals surface area contributed by atoms with Crippen molar-refractivity contribution >= 4 is 31.6 Å². The molecule has 0 saturated heterocycles. The van der Waals surface area contributed by atoms with Crippen molar-refractivity contribution in [2.24, 2.45) is 0 Å². The van der Waals surface area contributed by atoms with E-state index in [0.717, 1.165) is 15.6 Å². The minimum atomic E-state index is -3.61. The third-order valence-corrected chi connectivity index (χ3v) is 4.86. The van der Waals surface area contributed by atoms with Gasteiger partial charge in [0, 0.05) is 11.0 Å². The smallest absolute Gasteiger partial charge is 0.262 e.